The van der Waals surface area contributed by atoms with E-state index < -0.39 is 0 Å². The van der Waals surface area contributed by atoms with Crippen LogP contribution in [-0.4, -0.2) is 17.9 Å². The Morgan fingerprint density at radius 1 is 1.10 bits per heavy atom. The molecule has 0 spiro atoms. The molecule has 3 nitrogen and oxygen atoms in total. The molecule has 110 valence electrons. The van der Waals surface area contributed by atoms with Crippen molar-refractivity contribution in [3.05, 3.63) is 62.6 Å². The lowest BCUT2D eigenvalue weighted by atomic mass is 10.1. The largest absolute Gasteiger partial charge is 0.398 e. The van der Waals surface area contributed by atoms with Crippen LogP contribution in [0.15, 0.2) is 36.4 Å². The lowest BCUT2D eigenvalue weighted by molar-refractivity contribution is 0.0785. The zero-order chi connectivity index (χ0) is 15.6. The summed E-state index contributed by atoms with van der Waals surface area (Å²) in [6.45, 7) is 0.390. The summed E-state index contributed by atoms with van der Waals surface area (Å²) in [6, 6.07) is 10.00. The molecule has 0 aromatic heterocycles. The van der Waals surface area contributed by atoms with Crippen LogP contribution in [0.3, 0.4) is 0 Å². The summed E-state index contributed by atoms with van der Waals surface area (Å²) < 4.78 is 0. The van der Waals surface area contributed by atoms with Gasteiger partial charge in [-0.05, 0) is 42.0 Å². The molecule has 0 radical (unpaired) electrons. The van der Waals surface area contributed by atoms with Gasteiger partial charge in [0.2, 0.25) is 0 Å². The number of amides is 1. The number of nitrogens with two attached hydrogens (primary N) is 1. The van der Waals surface area contributed by atoms with Gasteiger partial charge in [0.15, 0.2) is 0 Å². The molecule has 0 saturated carbocycles. The summed E-state index contributed by atoms with van der Waals surface area (Å²) in [7, 11) is 1.70. The molecule has 0 fully saturated rings. The maximum atomic E-state index is 12.3. The van der Waals surface area contributed by atoms with Crippen molar-refractivity contribution < 1.29 is 4.79 Å². The average Bonchev–Trinajstić information content (AvgIpc) is 2.39. The van der Waals surface area contributed by atoms with Gasteiger partial charge in [0, 0.05) is 29.2 Å². The Morgan fingerprint density at radius 2 is 1.71 bits per heavy atom. The molecule has 6 heteroatoms. The van der Waals surface area contributed by atoms with Gasteiger partial charge in [-0.25, -0.2) is 0 Å². The van der Waals surface area contributed by atoms with E-state index in [1.807, 2.05) is 0 Å². The van der Waals surface area contributed by atoms with E-state index in [-0.39, 0.29) is 5.91 Å². The summed E-state index contributed by atoms with van der Waals surface area (Å²) in [5, 5.41) is 1.43. The highest BCUT2D eigenvalue weighted by molar-refractivity contribution is 6.34. The van der Waals surface area contributed by atoms with E-state index in [2.05, 4.69) is 0 Å². The fourth-order valence-electron chi connectivity index (χ4n) is 1.93. The summed E-state index contributed by atoms with van der Waals surface area (Å²) in [5.74, 6) is -0.159. The number of halogens is 3. The molecule has 0 aliphatic heterocycles. The van der Waals surface area contributed by atoms with Crippen molar-refractivity contribution in [3.8, 4) is 0 Å². The first-order valence-electron chi connectivity index (χ1n) is 6.12. The van der Waals surface area contributed by atoms with Gasteiger partial charge in [-0.15, -0.1) is 0 Å². The van der Waals surface area contributed by atoms with Gasteiger partial charge in [-0.2, -0.15) is 0 Å². The Balaban J connectivity index is 2.17. The molecule has 2 aromatic carbocycles. The van der Waals surface area contributed by atoms with E-state index in [1.165, 1.54) is 0 Å². The van der Waals surface area contributed by atoms with Gasteiger partial charge in [-0.1, -0.05) is 34.8 Å². The third-order valence-corrected chi connectivity index (χ3v) is 3.70. The topological polar surface area (TPSA) is 46.3 Å². The zero-order valence-corrected chi connectivity index (χ0v) is 13.5. The number of nitrogens with zero attached hydrogens (tertiary/aromatic N) is 1. The van der Waals surface area contributed by atoms with E-state index >= 15 is 0 Å². The Bertz CT molecular complexity index is 668. The van der Waals surface area contributed by atoms with Crippen LogP contribution in [0.2, 0.25) is 15.1 Å². The van der Waals surface area contributed by atoms with Crippen molar-refractivity contribution in [1.29, 1.82) is 0 Å². The summed E-state index contributed by atoms with van der Waals surface area (Å²) >= 11 is 17.8. The minimum absolute atomic E-state index is 0.159. The number of anilines is 1. The second kappa shape index (κ2) is 6.56. The average molecular weight is 344 g/mol. The molecule has 0 saturated heterocycles. The minimum atomic E-state index is -0.159. The highest BCUT2D eigenvalue weighted by Gasteiger charge is 2.13. The van der Waals surface area contributed by atoms with Crippen molar-refractivity contribution >= 4 is 46.4 Å². The van der Waals surface area contributed by atoms with Crippen LogP contribution < -0.4 is 5.73 Å². The van der Waals surface area contributed by atoms with Gasteiger partial charge < -0.3 is 10.6 Å². The molecule has 2 N–H and O–H groups in total. The van der Waals surface area contributed by atoms with Crippen molar-refractivity contribution in [2.24, 2.45) is 0 Å². The predicted octanol–water partition coefficient (Wildman–Crippen LogP) is 4.50. The number of rotatable bonds is 3. The number of hydrogen-bond donors (Lipinski definition) is 1. The van der Waals surface area contributed by atoms with Crippen molar-refractivity contribution in [3.63, 3.8) is 0 Å². The Hall–Kier alpha value is -1.42. The van der Waals surface area contributed by atoms with Gasteiger partial charge in [0.25, 0.3) is 5.91 Å². The van der Waals surface area contributed by atoms with E-state index in [0.717, 1.165) is 5.56 Å². The van der Waals surface area contributed by atoms with Crippen LogP contribution in [0, 0.1) is 0 Å². The molecule has 0 heterocycles. The second-order valence-electron chi connectivity index (χ2n) is 4.68. The van der Waals surface area contributed by atoms with Gasteiger partial charge in [0.1, 0.15) is 0 Å². The first kappa shape index (κ1) is 16.0. The smallest absolute Gasteiger partial charge is 0.253 e. The predicted molar refractivity (Wildman–Crippen MR) is 88.1 cm³/mol. The first-order valence-corrected chi connectivity index (χ1v) is 7.25. The van der Waals surface area contributed by atoms with Crippen LogP contribution in [-0.2, 0) is 6.54 Å². The van der Waals surface area contributed by atoms with E-state index in [0.29, 0.717) is 32.9 Å². The number of benzene rings is 2. The maximum Gasteiger partial charge on any atom is 0.253 e. The van der Waals surface area contributed by atoms with Gasteiger partial charge in [-0.3, -0.25) is 4.79 Å². The molecule has 0 unspecified atom stereocenters. The van der Waals surface area contributed by atoms with E-state index in [9.17, 15) is 4.79 Å². The molecule has 21 heavy (non-hydrogen) atoms. The van der Waals surface area contributed by atoms with Crippen LogP contribution in [0.1, 0.15) is 15.9 Å². The lowest BCUT2D eigenvalue weighted by Gasteiger charge is -2.18. The minimum Gasteiger partial charge on any atom is -0.398 e. The molecule has 0 aliphatic carbocycles. The molecule has 2 aromatic rings. The SMILES string of the molecule is CN(Cc1cc(Cl)cc(Cl)c1)C(=O)c1ccc(N)c(Cl)c1. The third kappa shape index (κ3) is 4.03. The standard InChI is InChI=1S/C15H13Cl3N2O/c1-20(8-9-4-11(16)7-12(17)5-9)15(21)10-2-3-14(19)13(18)6-10/h2-7H,8,19H2,1H3. The van der Waals surface area contributed by atoms with Crippen LogP contribution in [0.25, 0.3) is 0 Å². The quantitative estimate of drug-likeness (QED) is 0.834. The van der Waals surface area contributed by atoms with Crippen LogP contribution >= 0.6 is 34.8 Å². The molecule has 1 amide bonds. The zero-order valence-electron chi connectivity index (χ0n) is 11.2. The van der Waals surface area contributed by atoms with Gasteiger partial charge >= 0.3 is 0 Å². The first-order chi connectivity index (χ1) is 9.86. The third-order valence-electron chi connectivity index (χ3n) is 2.94. The summed E-state index contributed by atoms with van der Waals surface area (Å²) in [6.07, 6.45) is 0. The van der Waals surface area contributed by atoms with Crippen LogP contribution in [0.5, 0.6) is 0 Å². The molecule has 0 bridgehead atoms. The summed E-state index contributed by atoms with van der Waals surface area (Å²) in [4.78, 5) is 13.9. The second-order valence-corrected chi connectivity index (χ2v) is 5.96. The van der Waals surface area contributed by atoms with Crippen molar-refractivity contribution in [2.45, 2.75) is 6.54 Å². The number of carbonyl (C=O) groups is 1. The summed E-state index contributed by atoms with van der Waals surface area (Å²) in [5.41, 5.74) is 7.41. The van der Waals surface area contributed by atoms with Crippen molar-refractivity contribution in [1.82, 2.24) is 4.90 Å². The Morgan fingerprint density at radius 3 is 2.29 bits per heavy atom. The van der Waals surface area contributed by atoms with E-state index in [1.54, 1.807) is 48.3 Å². The number of carbonyl (C=O) groups excluding carboxylic acids is 1. The Labute approximate surface area is 138 Å². The lowest BCUT2D eigenvalue weighted by Crippen LogP contribution is -2.26. The van der Waals surface area contributed by atoms with Gasteiger partial charge in [0.05, 0.1) is 10.7 Å². The molecular formula is C15H13Cl3N2O. The highest BCUT2D eigenvalue weighted by atomic mass is 35.5. The highest BCUT2D eigenvalue weighted by Crippen LogP contribution is 2.22. The Kier molecular flexibility index (Phi) is 4.99. The van der Waals surface area contributed by atoms with E-state index in [4.69, 9.17) is 40.5 Å². The molecule has 2 rings (SSSR count). The molecule has 0 atom stereocenters. The monoisotopic (exact) mass is 342 g/mol. The molecule has 0 aliphatic rings. The fraction of sp³-hybridized carbons (Fsp3) is 0.133. The number of nitrogen functional groups attached to an aromatic ring is 1. The van der Waals surface area contributed by atoms with Crippen LogP contribution in [0.4, 0.5) is 5.69 Å². The molecular weight excluding hydrogens is 331 g/mol. The normalized spacial score (nSPS) is 10.5. The fourth-order valence-corrected chi connectivity index (χ4v) is 2.68. The number of hydrogen-bond acceptors (Lipinski definition) is 2. The van der Waals surface area contributed by atoms with Crippen molar-refractivity contribution in [2.75, 3.05) is 12.8 Å². The maximum absolute atomic E-state index is 12.3.